The molecule has 0 bridgehead atoms. The average molecular weight is 648 g/mol. The standard InChI is InChI=1S/C28H31F2N7O7S/c1-5-44-27(39)36-24-21(16-35(28(24,2)3)45(42,43)20-14-18(29)13-19(30)15-20)25(32-36)31-26(38)17-6-7-22(23(12-17)37(40)41)34-10-8-33(4)9-11-34/h6-7,12-15H,5,8-11,16H2,1-4H3,(H,31,32,38). The molecular weight excluding hydrogens is 616 g/mol. The molecule has 0 radical (unpaired) electrons. The first-order valence-electron chi connectivity index (χ1n) is 14.0. The number of anilines is 2. The molecule has 0 spiro atoms. The molecule has 1 aromatic heterocycles. The molecule has 45 heavy (non-hydrogen) atoms. The van der Waals surface area contributed by atoms with Gasteiger partial charge < -0.3 is 19.9 Å². The number of carbonyl (C=O) groups is 2. The van der Waals surface area contributed by atoms with Crippen molar-refractivity contribution >= 4 is 39.2 Å². The molecule has 5 rings (SSSR count). The van der Waals surface area contributed by atoms with Crippen molar-refractivity contribution in [1.82, 2.24) is 19.0 Å². The first kappa shape index (κ1) is 31.9. The van der Waals surface area contributed by atoms with Gasteiger partial charge in [0.25, 0.3) is 11.6 Å². The van der Waals surface area contributed by atoms with E-state index in [1.807, 2.05) is 11.9 Å². The Balaban J connectivity index is 1.52. The molecule has 3 aromatic rings. The topological polar surface area (TPSA) is 160 Å². The number of nitro benzene ring substituents is 1. The molecule has 1 N–H and O–H groups in total. The van der Waals surface area contributed by atoms with Crippen LogP contribution in [0.2, 0.25) is 0 Å². The Bertz CT molecular complexity index is 1780. The number of halogens is 2. The Morgan fingerprint density at radius 1 is 1.09 bits per heavy atom. The van der Waals surface area contributed by atoms with Crippen LogP contribution in [0, 0.1) is 21.7 Å². The molecule has 3 heterocycles. The zero-order valence-electron chi connectivity index (χ0n) is 24.9. The summed E-state index contributed by atoms with van der Waals surface area (Å²) in [5.74, 6) is -3.18. The van der Waals surface area contributed by atoms with Gasteiger partial charge in [0.15, 0.2) is 5.82 Å². The van der Waals surface area contributed by atoms with E-state index in [4.69, 9.17) is 4.74 Å². The number of nitrogens with one attached hydrogen (secondary N) is 1. The van der Waals surface area contributed by atoms with Gasteiger partial charge in [-0.3, -0.25) is 14.9 Å². The Morgan fingerprint density at radius 2 is 1.73 bits per heavy atom. The molecule has 14 nitrogen and oxygen atoms in total. The highest BCUT2D eigenvalue weighted by Crippen LogP contribution is 2.45. The summed E-state index contributed by atoms with van der Waals surface area (Å²) >= 11 is 0. The van der Waals surface area contributed by atoms with Crippen molar-refractivity contribution in [3.63, 3.8) is 0 Å². The maximum atomic E-state index is 14.0. The largest absolute Gasteiger partial charge is 0.448 e. The van der Waals surface area contributed by atoms with Crippen LogP contribution in [0.3, 0.4) is 0 Å². The number of likely N-dealkylation sites (N-methyl/N-ethyl adjacent to an activating group) is 1. The van der Waals surface area contributed by atoms with Crippen LogP contribution in [0.25, 0.3) is 0 Å². The summed E-state index contributed by atoms with van der Waals surface area (Å²) in [6.07, 6.45) is -0.953. The fourth-order valence-electron chi connectivity index (χ4n) is 5.60. The zero-order chi connectivity index (χ0) is 32.8. The number of amides is 1. The van der Waals surface area contributed by atoms with E-state index in [1.54, 1.807) is 6.92 Å². The number of rotatable bonds is 7. The van der Waals surface area contributed by atoms with Gasteiger partial charge >= 0.3 is 6.09 Å². The first-order chi connectivity index (χ1) is 21.1. The minimum atomic E-state index is -4.55. The molecule has 0 aliphatic carbocycles. The second-order valence-corrected chi connectivity index (χ2v) is 13.0. The first-order valence-corrected chi connectivity index (χ1v) is 15.4. The highest BCUT2D eigenvalue weighted by atomic mass is 32.2. The Kier molecular flexibility index (Phi) is 8.37. The van der Waals surface area contributed by atoms with Crippen LogP contribution in [0.5, 0.6) is 0 Å². The van der Waals surface area contributed by atoms with Crippen LogP contribution < -0.4 is 10.2 Å². The van der Waals surface area contributed by atoms with Crippen LogP contribution in [-0.4, -0.2) is 84.2 Å². The predicted molar refractivity (Wildman–Crippen MR) is 158 cm³/mol. The number of aromatic nitrogens is 2. The number of sulfonamides is 1. The number of hydrogen-bond acceptors (Lipinski definition) is 10. The van der Waals surface area contributed by atoms with Gasteiger partial charge in [0.05, 0.1) is 27.7 Å². The molecule has 17 heteroatoms. The van der Waals surface area contributed by atoms with Crippen molar-refractivity contribution < 1.29 is 36.4 Å². The number of carbonyl (C=O) groups excluding carboxylic acids is 2. The average Bonchev–Trinajstić information content (AvgIpc) is 3.47. The minimum Gasteiger partial charge on any atom is -0.448 e. The SMILES string of the molecule is CCOC(=O)n1nc(NC(=O)c2ccc(N3CCN(C)CC3)c([N+](=O)[O-])c2)c2c1C(C)(C)N(S(=O)(=O)c1cc(F)cc(F)c1)C2. The van der Waals surface area contributed by atoms with Gasteiger partial charge in [-0.05, 0) is 52.1 Å². The highest BCUT2D eigenvalue weighted by molar-refractivity contribution is 7.89. The van der Waals surface area contributed by atoms with E-state index in [0.717, 1.165) is 15.1 Å². The Hall–Kier alpha value is -4.48. The minimum absolute atomic E-state index is 0.0382. The molecule has 2 aliphatic heterocycles. The van der Waals surface area contributed by atoms with E-state index < -0.39 is 55.6 Å². The molecule has 1 fully saturated rings. The molecule has 2 aliphatic rings. The Morgan fingerprint density at radius 3 is 2.33 bits per heavy atom. The fourth-order valence-corrected chi connectivity index (χ4v) is 7.36. The smallest absolute Gasteiger partial charge is 0.435 e. The molecule has 240 valence electrons. The lowest BCUT2D eigenvalue weighted by molar-refractivity contribution is -0.384. The summed E-state index contributed by atoms with van der Waals surface area (Å²) in [6, 6.07) is 5.96. The second-order valence-electron chi connectivity index (χ2n) is 11.2. The van der Waals surface area contributed by atoms with E-state index in [2.05, 4.69) is 15.3 Å². The summed E-state index contributed by atoms with van der Waals surface area (Å²) in [5.41, 5.74) is -1.29. The van der Waals surface area contributed by atoms with Gasteiger partial charge in [0, 0.05) is 56.0 Å². The third-order valence-corrected chi connectivity index (χ3v) is 9.86. The van der Waals surface area contributed by atoms with Crippen molar-refractivity contribution in [1.29, 1.82) is 0 Å². The molecule has 1 amide bonds. The van der Waals surface area contributed by atoms with Crippen molar-refractivity contribution in [2.45, 2.75) is 37.8 Å². The van der Waals surface area contributed by atoms with E-state index in [-0.39, 0.29) is 34.9 Å². The van der Waals surface area contributed by atoms with E-state index in [0.29, 0.717) is 50.1 Å². The lowest BCUT2D eigenvalue weighted by Gasteiger charge is -2.33. The third kappa shape index (κ3) is 5.85. The summed E-state index contributed by atoms with van der Waals surface area (Å²) in [6.45, 7) is 6.59. The van der Waals surface area contributed by atoms with Crippen LogP contribution in [-0.2, 0) is 26.8 Å². The van der Waals surface area contributed by atoms with Gasteiger partial charge in [-0.15, -0.1) is 5.10 Å². The van der Waals surface area contributed by atoms with Crippen LogP contribution in [0.1, 0.15) is 42.4 Å². The maximum Gasteiger partial charge on any atom is 0.435 e. The van der Waals surface area contributed by atoms with Gasteiger partial charge in [0.2, 0.25) is 10.0 Å². The lowest BCUT2D eigenvalue weighted by Crippen LogP contribution is -2.44. The van der Waals surface area contributed by atoms with E-state index >= 15 is 0 Å². The van der Waals surface area contributed by atoms with E-state index in [1.165, 1.54) is 26.0 Å². The molecule has 2 aromatic carbocycles. The Labute approximate surface area is 257 Å². The monoisotopic (exact) mass is 647 g/mol. The molecule has 0 saturated carbocycles. The summed E-state index contributed by atoms with van der Waals surface area (Å²) in [5, 5.41) is 18.7. The quantitative estimate of drug-likeness (QED) is 0.297. The molecule has 0 unspecified atom stereocenters. The fraction of sp³-hybridized carbons (Fsp3) is 0.393. The van der Waals surface area contributed by atoms with Crippen LogP contribution in [0.4, 0.5) is 30.8 Å². The number of nitro groups is 1. The number of nitrogens with zero attached hydrogens (tertiary/aromatic N) is 6. The zero-order valence-corrected chi connectivity index (χ0v) is 25.7. The summed E-state index contributed by atoms with van der Waals surface area (Å²) in [4.78, 5) is 41.1. The van der Waals surface area contributed by atoms with Crippen molar-refractivity contribution in [2.24, 2.45) is 0 Å². The van der Waals surface area contributed by atoms with Crippen LogP contribution >= 0.6 is 0 Å². The van der Waals surface area contributed by atoms with Gasteiger partial charge in [-0.2, -0.15) is 8.99 Å². The molecular formula is C28H31F2N7O7S. The predicted octanol–water partition coefficient (Wildman–Crippen LogP) is 3.52. The summed E-state index contributed by atoms with van der Waals surface area (Å²) < 4.78 is 62.2. The molecule has 0 atom stereocenters. The maximum absolute atomic E-state index is 14.0. The van der Waals surface area contributed by atoms with E-state index in [9.17, 15) is 36.9 Å². The van der Waals surface area contributed by atoms with Gasteiger partial charge in [-0.1, -0.05) is 0 Å². The van der Waals surface area contributed by atoms with Crippen molar-refractivity contribution in [3.8, 4) is 0 Å². The molecule has 1 saturated heterocycles. The third-order valence-electron chi connectivity index (χ3n) is 7.86. The van der Waals surface area contributed by atoms with Gasteiger partial charge in [-0.25, -0.2) is 22.0 Å². The number of piperazine rings is 1. The number of benzene rings is 2. The van der Waals surface area contributed by atoms with Crippen molar-refractivity contribution in [2.75, 3.05) is 50.1 Å². The summed E-state index contributed by atoms with van der Waals surface area (Å²) in [7, 11) is -2.60. The van der Waals surface area contributed by atoms with Crippen LogP contribution in [0.15, 0.2) is 41.3 Å². The normalized spacial score (nSPS) is 16.8. The number of ether oxygens (including phenoxy) is 1. The number of fused-ring (bicyclic) bond motifs is 1. The van der Waals surface area contributed by atoms with Crippen molar-refractivity contribution in [3.05, 3.63) is 75.0 Å². The second kappa shape index (κ2) is 11.8. The highest BCUT2D eigenvalue weighted by Gasteiger charge is 2.50. The lowest BCUT2D eigenvalue weighted by atomic mass is 10.0. The number of hydrogen-bond donors (Lipinski definition) is 1. The van der Waals surface area contributed by atoms with Gasteiger partial charge in [0.1, 0.15) is 17.3 Å².